The summed E-state index contributed by atoms with van der Waals surface area (Å²) in [6.45, 7) is 2.89. The molecule has 2 N–H and O–H groups in total. The minimum Gasteiger partial charge on any atom is -0.384 e. The van der Waals surface area contributed by atoms with Gasteiger partial charge in [0.15, 0.2) is 5.15 Å². The minimum atomic E-state index is -0.209. The van der Waals surface area contributed by atoms with Gasteiger partial charge in [-0.2, -0.15) is 0 Å². The third-order valence-corrected chi connectivity index (χ3v) is 3.05. The van der Waals surface area contributed by atoms with E-state index >= 15 is 0 Å². The Balaban J connectivity index is 2.19. The first-order valence-corrected chi connectivity index (χ1v) is 6.85. The lowest BCUT2D eigenvalue weighted by molar-refractivity contribution is 0.102. The van der Waals surface area contributed by atoms with Gasteiger partial charge in [-0.15, -0.1) is 0 Å². The number of rotatable bonds is 5. The summed E-state index contributed by atoms with van der Waals surface area (Å²) in [4.78, 5) is 16.2. The van der Waals surface area contributed by atoms with Crippen LogP contribution in [0, 0.1) is 0 Å². The van der Waals surface area contributed by atoms with Crippen molar-refractivity contribution >= 4 is 28.9 Å². The Morgan fingerprint density at radius 3 is 2.70 bits per heavy atom. The van der Waals surface area contributed by atoms with Crippen LogP contribution in [0.2, 0.25) is 5.15 Å². The van der Waals surface area contributed by atoms with E-state index in [1.54, 1.807) is 24.4 Å². The van der Waals surface area contributed by atoms with E-state index in [9.17, 15) is 4.79 Å². The standard InChI is InChI=1S/C15H16ClN3O/c1-2-9-17-12-7-4-3-6-11(12)15(20)19-13-8-5-10-18-14(13)16/h3-8,10,17H,2,9H2,1H3,(H,19,20). The molecule has 1 aromatic heterocycles. The lowest BCUT2D eigenvalue weighted by Gasteiger charge is -2.12. The van der Waals surface area contributed by atoms with Crippen LogP contribution in [-0.4, -0.2) is 17.4 Å². The Hall–Kier alpha value is -2.07. The Bertz CT molecular complexity index is 601. The monoisotopic (exact) mass is 289 g/mol. The smallest absolute Gasteiger partial charge is 0.257 e. The van der Waals surface area contributed by atoms with Crippen LogP contribution in [0.1, 0.15) is 23.7 Å². The number of carbonyl (C=O) groups is 1. The van der Waals surface area contributed by atoms with Crippen LogP contribution in [0.15, 0.2) is 42.6 Å². The molecule has 1 heterocycles. The van der Waals surface area contributed by atoms with Gasteiger partial charge in [-0.25, -0.2) is 4.98 Å². The molecule has 0 atom stereocenters. The third-order valence-electron chi connectivity index (χ3n) is 2.74. The van der Waals surface area contributed by atoms with E-state index in [1.807, 2.05) is 18.2 Å². The lowest BCUT2D eigenvalue weighted by Crippen LogP contribution is -2.15. The molecule has 0 unspecified atom stereocenters. The zero-order chi connectivity index (χ0) is 14.4. The fourth-order valence-electron chi connectivity index (χ4n) is 1.76. The molecule has 1 amide bonds. The molecule has 0 aliphatic rings. The predicted molar refractivity (Wildman–Crippen MR) is 82.4 cm³/mol. The summed E-state index contributed by atoms with van der Waals surface area (Å²) in [6.07, 6.45) is 2.57. The molecule has 2 aromatic rings. The second kappa shape index (κ2) is 6.91. The fraction of sp³-hybridized carbons (Fsp3) is 0.200. The molecule has 0 spiro atoms. The van der Waals surface area contributed by atoms with E-state index in [2.05, 4.69) is 22.5 Å². The largest absolute Gasteiger partial charge is 0.384 e. The number of aromatic nitrogens is 1. The number of halogens is 1. The molecule has 5 heteroatoms. The van der Waals surface area contributed by atoms with Crippen LogP contribution in [-0.2, 0) is 0 Å². The van der Waals surface area contributed by atoms with E-state index in [1.165, 1.54) is 0 Å². The van der Waals surface area contributed by atoms with Crippen LogP contribution in [0.3, 0.4) is 0 Å². The van der Waals surface area contributed by atoms with Crippen LogP contribution in [0.5, 0.6) is 0 Å². The molecule has 0 radical (unpaired) electrons. The summed E-state index contributed by atoms with van der Waals surface area (Å²) >= 11 is 5.94. The van der Waals surface area contributed by atoms with Gasteiger partial charge in [-0.3, -0.25) is 4.79 Å². The van der Waals surface area contributed by atoms with Crippen molar-refractivity contribution < 1.29 is 4.79 Å². The molecule has 4 nitrogen and oxygen atoms in total. The van der Waals surface area contributed by atoms with Gasteiger partial charge < -0.3 is 10.6 Å². The number of amides is 1. The Kier molecular flexibility index (Phi) is 4.96. The van der Waals surface area contributed by atoms with Gasteiger partial charge in [0.05, 0.1) is 11.3 Å². The van der Waals surface area contributed by atoms with Gasteiger partial charge in [0.1, 0.15) is 0 Å². The van der Waals surface area contributed by atoms with Crippen molar-refractivity contribution in [3.63, 3.8) is 0 Å². The van der Waals surface area contributed by atoms with Crippen LogP contribution < -0.4 is 10.6 Å². The number of nitrogens with zero attached hydrogens (tertiary/aromatic N) is 1. The molecular formula is C15H16ClN3O. The van der Waals surface area contributed by atoms with Crippen molar-refractivity contribution in [2.24, 2.45) is 0 Å². The number of anilines is 2. The van der Waals surface area contributed by atoms with E-state index in [0.717, 1.165) is 18.7 Å². The second-order valence-electron chi connectivity index (χ2n) is 4.27. The Morgan fingerprint density at radius 1 is 1.20 bits per heavy atom. The highest BCUT2D eigenvalue weighted by Gasteiger charge is 2.12. The second-order valence-corrected chi connectivity index (χ2v) is 4.63. The van der Waals surface area contributed by atoms with Crippen molar-refractivity contribution in [2.45, 2.75) is 13.3 Å². The first-order valence-electron chi connectivity index (χ1n) is 6.47. The molecule has 1 aromatic carbocycles. The molecule has 0 fully saturated rings. The fourth-order valence-corrected chi connectivity index (χ4v) is 1.93. The maximum absolute atomic E-state index is 12.3. The predicted octanol–water partition coefficient (Wildman–Crippen LogP) is 3.81. The maximum Gasteiger partial charge on any atom is 0.257 e. The number of benzene rings is 1. The minimum absolute atomic E-state index is 0.209. The van der Waals surface area contributed by atoms with Crippen molar-refractivity contribution in [2.75, 3.05) is 17.2 Å². The number of carbonyl (C=O) groups excluding carboxylic acids is 1. The van der Waals surface area contributed by atoms with E-state index in [0.29, 0.717) is 11.3 Å². The number of hydrogen-bond acceptors (Lipinski definition) is 3. The zero-order valence-electron chi connectivity index (χ0n) is 11.2. The van der Waals surface area contributed by atoms with Crippen LogP contribution >= 0.6 is 11.6 Å². The molecule has 0 saturated carbocycles. The van der Waals surface area contributed by atoms with E-state index in [-0.39, 0.29) is 11.1 Å². The molecular weight excluding hydrogens is 274 g/mol. The van der Waals surface area contributed by atoms with Crippen molar-refractivity contribution in [1.82, 2.24) is 4.98 Å². The zero-order valence-corrected chi connectivity index (χ0v) is 11.9. The highest BCUT2D eigenvalue weighted by atomic mass is 35.5. The van der Waals surface area contributed by atoms with Crippen molar-refractivity contribution in [3.8, 4) is 0 Å². The topological polar surface area (TPSA) is 54.0 Å². The highest BCUT2D eigenvalue weighted by molar-refractivity contribution is 6.32. The number of hydrogen-bond donors (Lipinski definition) is 2. The normalized spacial score (nSPS) is 10.1. The first-order chi connectivity index (χ1) is 9.72. The van der Waals surface area contributed by atoms with Crippen molar-refractivity contribution in [1.29, 1.82) is 0 Å². The molecule has 0 aliphatic heterocycles. The number of nitrogens with one attached hydrogen (secondary N) is 2. The SMILES string of the molecule is CCCNc1ccccc1C(=O)Nc1cccnc1Cl. The summed E-state index contributed by atoms with van der Waals surface area (Å²) in [5.41, 5.74) is 1.90. The van der Waals surface area contributed by atoms with E-state index in [4.69, 9.17) is 11.6 Å². The molecule has 20 heavy (non-hydrogen) atoms. The first kappa shape index (κ1) is 14.3. The van der Waals surface area contributed by atoms with Crippen LogP contribution in [0.25, 0.3) is 0 Å². The summed E-state index contributed by atoms with van der Waals surface area (Å²) in [7, 11) is 0. The third kappa shape index (κ3) is 3.48. The van der Waals surface area contributed by atoms with Gasteiger partial charge in [0.25, 0.3) is 5.91 Å². The van der Waals surface area contributed by atoms with E-state index < -0.39 is 0 Å². The van der Waals surface area contributed by atoms with Gasteiger partial charge in [-0.1, -0.05) is 30.7 Å². The molecule has 0 saturated heterocycles. The lowest BCUT2D eigenvalue weighted by atomic mass is 10.1. The Morgan fingerprint density at radius 2 is 1.95 bits per heavy atom. The molecule has 0 bridgehead atoms. The van der Waals surface area contributed by atoms with Gasteiger partial charge in [0.2, 0.25) is 0 Å². The van der Waals surface area contributed by atoms with Gasteiger partial charge in [0, 0.05) is 18.4 Å². The summed E-state index contributed by atoms with van der Waals surface area (Å²) in [6, 6.07) is 10.8. The summed E-state index contributed by atoms with van der Waals surface area (Å²) in [5.74, 6) is -0.209. The molecule has 104 valence electrons. The summed E-state index contributed by atoms with van der Waals surface area (Å²) < 4.78 is 0. The van der Waals surface area contributed by atoms with Gasteiger partial charge in [-0.05, 0) is 30.7 Å². The van der Waals surface area contributed by atoms with Crippen LogP contribution in [0.4, 0.5) is 11.4 Å². The number of para-hydroxylation sites is 1. The summed E-state index contributed by atoms with van der Waals surface area (Å²) in [5, 5.41) is 6.28. The quantitative estimate of drug-likeness (QED) is 0.823. The highest BCUT2D eigenvalue weighted by Crippen LogP contribution is 2.21. The average molecular weight is 290 g/mol. The average Bonchev–Trinajstić information content (AvgIpc) is 2.47. The van der Waals surface area contributed by atoms with Gasteiger partial charge >= 0.3 is 0 Å². The Labute approximate surface area is 123 Å². The molecule has 0 aliphatic carbocycles. The maximum atomic E-state index is 12.3. The van der Waals surface area contributed by atoms with Crippen molar-refractivity contribution in [3.05, 3.63) is 53.3 Å². The number of pyridine rings is 1. The molecule has 2 rings (SSSR count).